The summed E-state index contributed by atoms with van der Waals surface area (Å²) in [5.74, 6) is 2.56. The average Bonchev–Trinajstić information content (AvgIpc) is 2.91. The van der Waals surface area contributed by atoms with Gasteiger partial charge in [0.05, 0.1) is 6.61 Å². The second-order valence-electron chi connectivity index (χ2n) is 5.18. The molecule has 18 heavy (non-hydrogen) atoms. The van der Waals surface area contributed by atoms with E-state index in [4.69, 9.17) is 4.74 Å². The zero-order valence-electron chi connectivity index (χ0n) is 11.5. The van der Waals surface area contributed by atoms with Crippen molar-refractivity contribution >= 4 is 5.82 Å². The first kappa shape index (κ1) is 13.2. The lowest BCUT2D eigenvalue weighted by molar-refractivity contribution is 0.317. The van der Waals surface area contributed by atoms with E-state index < -0.39 is 0 Å². The highest BCUT2D eigenvalue weighted by Crippen LogP contribution is 2.30. The summed E-state index contributed by atoms with van der Waals surface area (Å²) in [6.45, 7) is 5.12. The maximum absolute atomic E-state index is 5.72. The Morgan fingerprint density at radius 1 is 1.44 bits per heavy atom. The Bertz CT molecular complexity index is 361. The van der Waals surface area contributed by atoms with E-state index in [1.54, 1.807) is 0 Å². The Hall–Kier alpha value is -1.25. The van der Waals surface area contributed by atoms with Crippen molar-refractivity contribution in [3.8, 4) is 5.75 Å². The molecule has 1 aromatic heterocycles. The maximum atomic E-state index is 5.72. The van der Waals surface area contributed by atoms with Crippen LogP contribution in [0.3, 0.4) is 0 Å². The predicted octanol–water partition coefficient (Wildman–Crippen LogP) is 3.86. The molecule has 0 aromatic carbocycles. The quantitative estimate of drug-likeness (QED) is 0.830. The number of hydrogen-bond acceptors (Lipinski definition) is 3. The lowest BCUT2D eigenvalue weighted by Gasteiger charge is -2.22. The van der Waals surface area contributed by atoms with Gasteiger partial charge in [-0.3, -0.25) is 0 Å². The normalized spacial score (nSPS) is 17.7. The van der Waals surface area contributed by atoms with Gasteiger partial charge in [-0.2, -0.15) is 0 Å². The van der Waals surface area contributed by atoms with Gasteiger partial charge in [-0.25, -0.2) is 4.98 Å². The van der Waals surface area contributed by atoms with Crippen molar-refractivity contribution in [3.63, 3.8) is 0 Å². The molecule has 1 aromatic rings. The monoisotopic (exact) mass is 248 g/mol. The summed E-state index contributed by atoms with van der Waals surface area (Å²) in [5.41, 5.74) is 0. The van der Waals surface area contributed by atoms with Crippen LogP contribution in [0, 0.1) is 5.92 Å². The number of nitrogens with one attached hydrogen (secondary N) is 1. The number of rotatable bonds is 6. The molecule has 0 amide bonds. The largest absolute Gasteiger partial charge is 0.490 e. The molecule has 1 fully saturated rings. The average molecular weight is 248 g/mol. The molecule has 0 spiro atoms. The first-order valence-corrected chi connectivity index (χ1v) is 7.15. The van der Waals surface area contributed by atoms with Crippen molar-refractivity contribution < 1.29 is 4.74 Å². The zero-order chi connectivity index (χ0) is 12.8. The van der Waals surface area contributed by atoms with Gasteiger partial charge in [0.15, 0.2) is 11.6 Å². The summed E-state index contributed by atoms with van der Waals surface area (Å²) in [5, 5.41) is 3.53. The first-order valence-electron chi connectivity index (χ1n) is 7.15. The standard InChI is InChI=1S/C15H24N2O/c1-3-11-18-14-9-6-10-16-15(14)17-12(2)13-7-4-5-8-13/h6,9-10,12-13H,3-5,7-8,11H2,1-2H3,(H,16,17). The van der Waals surface area contributed by atoms with E-state index >= 15 is 0 Å². The fourth-order valence-electron chi connectivity index (χ4n) is 2.62. The number of hydrogen-bond donors (Lipinski definition) is 1. The van der Waals surface area contributed by atoms with E-state index in [0.717, 1.165) is 30.5 Å². The summed E-state index contributed by atoms with van der Waals surface area (Å²) < 4.78 is 5.72. The van der Waals surface area contributed by atoms with Crippen molar-refractivity contribution in [3.05, 3.63) is 18.3 Å². The summed E-state index contributed by atoms with van der Waals surface area (Å²) in [6, 6.07) is 4.40. The Morgan fingerprint density at radius 3 is 2.94 bits per heavy atom. The number of pyridine rings is 1. The summed E-state index contributed by atoms with van der Waals surface area (Å²) in [4.78, 5) is 4.41. The number of nitrogens with zero attached hydrogens (tertiary/aromatic N) is 1. The predicted molar refractivity (Wildman–Crippen MR) is 75.1 cm³/mol. The van der Waals surface area contributed by atoms with Crippen molar-refractivity contribution in [2.45, 2.75) is 52.0 Å². The van der Waals surface area contributed by atoms with Crippen LogP contribution in [0.2, 0.25) is 0 Å². The van der Waals surface area contributed by atoms with Crippen LogP contribution in [0.15, 0.2) is 18.3 Å². The van der Waals surface area contributed by atoms with E-state index in [0.29, 0.717) is 6.04 Å². The van der Waals surface area contributed by atoms with Crippen LogP contribution in [0.1, 0.15) is 46.0 Å². The van der Waals surface area contributed by atoms with E-state index in [9.17, 15) is 0 Å². The maximum Gasteiger partial charge on any atom is 0.168 e. The fraction of sp³-hybridized carbons (Fsp3) is 0.667. The fourth-order valence-corrected chi connectivity index (χ4v) is 2.62. The molecule has 3 nitrogen and oxygen atoms in total. The highest BCUT2D eigenvalue weighted by Gasteiger charge is 2.22. The minimum Gasteiger partial charge on any atom is -0.490 e. The van der Waals surface area contributed by atoms with Crippen LogP contribution >= 0.6 is 0 Å². The first-order chi connectivity index (χ1) is 8.81. The number of aromatic nitrogens is 1. The molecule has 2 rings (SSSR count). The van der Waals surface area contributed by atoms with Gasteiger partial charge in [-0.05, 0) is 44.2 Å². The van der Waals surface area contributed by atoms with Crippen LogP contribution in [0.5, 0.6) is 5.75 Å². The molecule has 1 saturated carbocycles. The molecular formula is C15H24N2O. The van der Waals surface area contributed by atoms with Crippen LogP contribution in [-0.4, -0.2) is 17.6 Å². The molecule has 1 N–H and O–H groups in total. The second-order valence-corrected chi connectivity index (χ2v) is 5.18. The van der Waals surface area contributed by atoms with Crippen molar-refractivity contribution in [2.75, 3.05) is 11.9 Å². The van der Waals surface area contributed by atoms with Gasteiger partial charge in [0.1, 0.15) is 0 Å². The summed E-state index contributed by atoms with van der Waals surface area (Å²) in [6.07, 6.45) is 8.27. The highest BCUT2D eigenvalue weighted by molar-refractivity contribution is 5.50. The van der Waals surface area contributed by atoms with Crippen molar-refractivity contribution in [2.24, 2.45) is 5.92 Å². The van der Waals surface area contributed by atoms with Gasteiger partial charge in [0.2, 0.25) is 0 Å². The highest BCUT2D eigenvalue weighted by atomic mass is 16.5. The van der Waals surface area contributed by atoms with Gasteiger partial charge in [-0.1, -0.05) is 19.8 Å². The van der Waals surface area contributed by atoms with Crippen molar-refractivity contribution in [1.29, 1.82) is 0 Å². The molecule has 1 heterocycles. The SMILES string of the molecule is CCCOc1cccnc1NC(C)C1CCCC1. The minimum absolute atomic E-state index is 0.478. The van der Waals surface area contributed by atoms with Gasteiger partial charge < -0.3 is 10.1 Å². The van der Waals surface area contributed by atoms with Gasteiger partial charge in [0.25, 0.3) is 0 Å². The van der Waals surface area contributed by atoms with Crippen LogP contribution < -0.4 is 10.1 Å². The summed E-state index contributed by atoms with van der Waals surface area (Å²) >= 11 is 0. The number of ether oxygens (including phenoxy) is 1. The zero-order valence-corrected chi connectivity index (χ0v) is 11.5. The topological polar surface area (TPSA) is 34.1 Å². The molecule has 0 bridgehead atoms. The molecule has 3 heteroatoms. The third kappa shape index (κ3) is 3.37. The van der Waals surface area contributed by atoms with Crippen LogP contribution in [-0.2, 0) is 0 Å². The van der Waals surface area contributed by atoms with Gasteiger partial charge >= 0.3 is 0 Å². The molecule has 100 valence electrons. The molecular weight excluding hydrogens is 224 g/mol. The number of anilines is 1. The molecule has 0 aliphatic heterocycles. The molecule has 1 atom stereocenters. The lowest BCUT2D eigenvalue weighted by Crippen LogP contribution is -2.24. The smallest absolute Gasteiger partial charge is 0.168 e. The Balaban J connectivity index is 1.98. The van der Waals surface area contributed by atoms with Gasteiger partial charge in [-0.15, -0.1) is 0 Å². The summed E-state index contributed by atoms with van der Waals surface area (Å²) in [7, 11) is 0. The molecule has 1 aliphatic carbocycles. The Morgan fingerprint density at radius 2 is 2.22 bits per heavy atom. The van der Waals surface area contributed by atoms with Gasteiger partial charge in [0, 0.05) is 12.2 Å². The third-order valence-electron chi connectivity index (χ3n) is 3.70. The van der Waals surface area contributed by atoms with E-state index in [2.05, 4.69) is 24.1 Å². The van der Waals surface area contributed by atoms with E-state index in [-0.39, 0.29) is 0 Å². The molecule has 0 saturated heterocycles. The van der Waals surface area contributed by atoms with Crippen molar-refractivity contribution in [1.82, 2.24) is 4.98 Å². The molecule has 1 aliphatic rings. The Labute approximate surface area is 110 Å². The molecule has 0 radical (unpaired) electrons. The minimum atomic E-state index is 0.478. The third-order valence-corrected chi connectivity index (χ3v) is 3.70. The lowest BCUT2D eigenvalue weighted by atomic mass is 10.00. The second kappa shape index (κ2) is 6.62. The van der Waals surface area contributed by atoms with E-state index in [1.165, 1.54) is 25.7 Å². The molecule has 1 unspecified atom stereocenters. The van der Waals surface area contributed by atoms with Crippen LogP contribution in [0.25, 0.3) is 0 Å². The van der Waals surface area contributed by atoms with Crippen LogP contribution in [0.4, 0.5) is 5.82 Å². The Kier molecular flexibility index (Phi) is 4.85. The van der Waals surface area contributed by atoms with E-state index in [1.807, 2.05) is 18.3 Å².